The van der Waals surface area contributed by atoms with Gasteiger partial charge in [-0.1, -0.05) is 42.5 Å². The fourth-order valence-corrected chi connectivity index (χ4v) is 3.14. The summed E-state index contributed by atoms with van der Waals surface area (Å²) in [7, 11) is 0. The number of alkyl halides is 3. The van der Waals surface area contributed by atoms with Gasteiger partial charge in [0, 0.05) is 24.8 Å². The highest BCUT2D eigenvalue weighted by molar-refractivity contribution is 5.53. The average Bonchev–Trinajstić information content (AvgIpc) is 2.82. The molecule has 2 N–H and O–H groups in total. The zero-order valence-corrected chi connectivity index (χ0v) is 14.5. The molecule has 1 atom stereocenters. The number of nitrogens with one attached hydrogen (secondary N) is 2. The Morgan fingerprint density at radius 3 is 2.54 bits per heavy atom. The summed E-state index contributed by atoms with van der Waals surface area (Å²) in [6, 6.07) is 16.1. The maximum absolute atomic E-state index is 12.1. The molecule has 26 heavy (non-hydrogen) atoms. The lowest BCUT2D eigenvalue weighted by Gasteiger charge is -2.19. The standard InChI is InChI=1S/C20H23F3N2O/c21-20(22,23)14-26-13-16-9-7-15(8-10-16)12-25-19-6-3-11-24-18-5-2-1-4-17(18)19/h1-2,4-5,7-10,19,24-25H,3,6,11-14H2. The van der Waals surface area contributed by atoms with Gasteiger partial charge in [-0.25, -0.2) is 0 Å². The first kappa shape index (κ1) is 18.7. The Bertz CT molecular complexity index is 701. The Hall–Kier alpha value is -2.05. The number of rotatable bonds is 6. The van der Waals surface area contributed by atoms with Crippen molar-refractivity contribution in [1.29, 1.82) is 0 Å². The first-order valence-electron chi connectivity index (χ1n) is 8.80. The van der Waals surface area contributed by atoms with E-state index in [-0.39, 0.29) is 12.6 Å². The molecule has 1 heterocycles. The lowest BCUT2D eigenvalue weighted by molar-refractivity contribution is -0.176. The highest BCUT2D eigenvalue weighted by atomic mass is 19.4. The molecule has 2 aromatic rings. The van der Waals surface area contributed by atoms with Crippen LogP contribution in [-0.4, -0.2) is 19.3 Å². The van der Waals surface area contributed by atoms with Crippen LogP contribution in [0.25, 0.3) is 0 Å². The van der Waals surface area contributed by atoms with Crippen molar-refractivity contribution in [3.63, 3.8) is 0 Å². The minimum Gasteiger partial charge on any atom is -0.385 e. The molecule has 0 aliphatic carbocycles. The smallest absolute Gasteiger partial charge is 0.385 e. The van der Waals surface area contributed by atoms with Gasteiger partial charge in [0.2, 0.25) is 0 Å². The minimum absolute atomic E-state index is 0.0328. The maximum Gasteiger partial charge on any atom is 0.411 e. The van der Waals surface area contributed by atoms with Crippen molar-refractivity contribution in [2.75, 3.05) is 18.5 Å². The molecule has 0 spiro atoms. The molecule has 0 aromatic heterocycles. The van der Waals surface area contributed by atoms with Gasteiger partial charge in [-0.2, -0.15) is 13.2 Å². The summed E-state index contributed by atoms with van der Waals surface area (Å²) >= 11 is 0. The number of hydrogen-bond donors (Lipinski definition) is 2. The van der Waals surface area contributed by atoms with E-state index in [1.165, 1.54) is 11.3 Å². The molecular formula is C20H23F3N2O. The molecule has 2 aromatic carbocycles. The van der Waals surface area contributed by atoms with Crippen molar-refractivity contribution in [3.05, 3.63) is 65.2 Å². The van der Waals surface area contributed by atoms with Crippen LogP contribution in [0.15, 0.2) is 48.5 Å². The van der Waals surface area contributed by atoms with Crippen LogP contribution in [0.5, 0.6) is 0 Å². The van der Waals surface area contributed by atoms with Crippen molar-refractivity contribution in [3.8, 4) is 0 Å². The summed E-state index contributed by atoms with van der Waals surface area (Å²) in [5.41, 5.74) is 4.29. The lowest BCUT2D eigenvalue weighted by Crippen LogP contribution is -2.20. The van der Waals surface area contributed by atoms with Gasteiger partial charge in [0.05, 0.1) is 6.61 Å². The third-order valence-electron chi connectivity index (χ3n) is 4.43. The van der Waals surface area contributed by atoms with Crippen LogP contribution in [0.3, 0.4) is 0 Å². The van der Waals surface area contributed by atoms with Crippen LogP contribution in [-0.2, 0) is 17.9 Å². The molecule has 3 nitrogen and oxygen atoms in total. The van der Waals surface area contributed by atoms with E-state index in [0.29, 0.717) is 6.54 Å². The topological polar surface area (TPSA) is 33.3 Å². The number of anilines is 1. The molecule has 6 heteroatoms. The number of ether oxygens (including phenoxy) is 1. The van der Waals surface area contributed by atoms with Crippen molar-refractivity contribution in [2.24, 2.45) is 0 Å². The van der Waals surface area contributed by atoms with E-state index in [1.54, 1.807) is 0 Å². The van der Waals surface area contributed by atoms with Gasteiger partial charge in [0.25, 0.3) is 0 Å². The van der Waals surface area contributed by atoms with Gasteiger partial charge in [-0.3, -0.25) is 0 Å². The monoisotopic (exact) mass is 364 g/mol. The average molecular weight is 364 g/mol. The summed E-state index contributed by atoms with van der Waals surface area (Å²) < 4.78 is 41.0. The summed E-state index contributed by atoms with van der Waals surface area (Å²) in [6.45, 7) is 0.435. The summed E-state index contributed by atoms with van der Waals surface area (Å²) in [4.78, 5) is 0. The Kier molecular flexibility index (Phi) is 6.16. The third-order valence-corrected chi connectivity index (χ3v) is 4.43. The largest absolute Gasteiger partial charge is 0.411 e. The molecular weight excluding hydrogens is 341 g/mol. The third kappa shape index (κ3) is 5.47. The summed E-state index contributed by atoms with van der Waals surface area (Å²) in [6.07, 6.45) is -2.12. The van der Waals surface area contributed by atoms with E-state index < -0.39 is 12.8 Å². The van der Waals surface area contributed by atoms with Gasteiger partial charge in [0.1, 0.15) is 6.61 Å². The molecule has 1 aliphatic heterocycles. The SMILES string of the molecule is FC(F)(F)COCc1ccc(CNC2CCCNc3ccccc32)cc1. The molecule has 0 amide bonds. The molecule has 3 rings (SSSR count). The molecule has 0 saturated carbocycles. The first-order chi connectivity index (χ1) is 12.5. The second kappa shape index (κ2) is 8.56. The molecule has 140 valence electrons. The van der Waals surface area contributed by atoms with Crippen molar-refractivity contribution >= 4 is 5.69 Å². The predicted molar refractivity (Wildman–Crippen MR) is 95.9 cm³/mol. The zero-order chi connectivity index (χ0) is 18.4. The Labute approximate surface area is 151 Å². The Balaban J connectivity index is 1.53. The zero-order valence-electron chi connectivity index (χ0n) is 14.5. The molecule has 0 saturated heterocycles. The minimum atomic E-state index is -4.28. The van der Waals surface area contributed by atoms with E-state index in [2.05, 4.69) is 33.6 Å². The lowest BCUT2D eigenvalue weighted by atomic mass is 10.0. The molecule has 1 aliphatic rings. The van der Waals surface area contributed by atoms with Gasteiger partial charge >= 0.3 is 6.18 Å². The van der Waals surface area contributed by atoms with Gasteiger partial charge in [0.15, 0.2) is 0 Å². The molecule has 0 fully saturated rings. The molecule has 0 bridgehead atoms. The fourth-order valence-electron chi connectivity index (χ4n) is 3.14. The van der Waals surface area contributed by atoms with Crippen molar-refractivity contribution in [2.45, 2.75) is 38.2 Å². The van der Waals surface area contributed by atoms with Gasteiger partial charge in [-0.05, 0) is 35.6 Å². The van der Waals surface area contributed by atoms with Crippen LogP contribution >= 0.6 is 0 Å². The highest BCUT2D eigenvalue weighted by Gasteiger charge is 2.27. The van der Waals surface area contributed by atoms with Crippen molar-refractivity contribution < 1.29 is 17.9 Å². The number of para-hydroxylation sites is 1. The maximum atomic E-state index is 12.1. The van der Waals surface area contributed by atoms with Crippen LogP contribution in [0.4, 0.5) is 18.9 Å². The van der Waals surface area contributed by atoms with E-state index in [4.69, 9.17) is 0 Å². The highest BCUT2D eigenvalue weighted by Crippen LogP contribution is 2.29. The number of hydrogen-bond acceptors (Lipinski definition) is 3. The molecule has 0 radical (unpaired) electrons. The number of halogens is 3. The van der Waals surface area contributed by atoms with Gasteiger partial charge < -0.3 is 15.4 Å². The predicted octanol–water partition coefficient (Wildman–Crippen LogP) is 4.80. The van der Waals surface area contributed by atoms with E-state index in [9.17, 15) is 13.2 Å². The normalized spacial score (nSPS) is 17.3. The first-order valence-corrected chi connectivity index (χ1v) is 8.80. The number of benzene rings is 2. The summed E-state index contributed by atoms with van der Waals surface area (Å²) in [5.74, 6) is 0. The number of fused-ring (bicyclic) bond motifs is 1. The van der Waals surface area contributed by atoms with E-state index >= 15 is 0 Å². The van der Waals surface area contributed by atoms with Crippen LogP contribution in [0, 0.1) is 0 Å². The second-order valence-electron chi connectivity index (χ2n) is 6.51. The quantitative estimate of drug-likeness (QED) is 0.772. The van der Waals surface area contributed by atoms with Crippen LogP contribution < -0.4 is 10.6 Å². The van der Waals surface area contributed by atoms with Crippen molar-refractivity contribution in [1.82, 2.24) is 5.32 Å². The Morgan fingerprint density at radius 1 is 1.04 bits per heavy atom. The molecule has 1 unspecified atom stereocenters. The van der Waals surface area contributed by atoms with E-state index in [0.717, 1.165) is 30.5 Å². The summed E-state index contributed by atoms with van der Waals surface area (Å²) in [5, 5.41) is 7.05. The Morgan fingerprint density at radius 2 is 1.77 bits per heavy atom. The van der Waals surface area contributed by atoms with Crippen LogP contribution in [0.1, 0.15) is 35.6 Å². The fraction of sp³-hybridized carbons (Fsp3) is 0.400. The van der Waals surface area contributed by atoms with E-state index in [1.807, 2.05) is 30.3 Å². The second-order valence-corrected chi connectivity index (χ2v) is 6.51. The van der Waals surface area contributed by atoms with Gasteiger partial charge in [-0.15, -0.1) is 0 Å². The van der Waals surface area contributed by atoms with Crippen LogP contribution in [0.2, 0.25) is 0 Å².